The molecular formula is C23H29NO5. The van der Waals surface area contributed by atoms with E-state index in [2.05, 4.69) is 5.32 Å². The van der Waals surface area contributed by atoms with Gasteiger partial charge in [-0.2, -0.15) is 0 Å². The van der Waals surface area contributed by atoms with Crippen molar-refractivity contribution in [2.75, 3.05) is 0 Å². The minimum atomic E-state index is -0.860. The van der Waals surface area contributed by atoms with Crippen LogP contribution in [0.15, 0.2) is 54.6 Å². The number of carboxylic acids is 1. The zero-order valence-corrected chi connectivity index (χ0v) is 17.2. The molecule has 0 saturated heterocycles. The van der Waals surface area contributed by atoms with Gasteiger partial charge in [0, 0.05) is 6.42 Å². The number of alkyl carbamates (subject to hydrolysis) is 1. The smallest absolute Gasteiger partial charge is 0.408 e. The number of amides is 1. The van der Waals surface area contributed by atoms with Gasteiger partial charge in [-0.15, -0.1) is 0 Å². The van der Waals surface area contributed by atoms with E-state index in [0.717, 1.165) is 11.1 Å². The number of aliphatic carboxylic acids is 1. The fourth-order valence-electron chi connectivity index (χ4n) is 2.79. The summed E-state index contributed by atoms with van der Waals surface area (Å²) < 4.78 is 11.2. The molecule has 6 nitrogen and oxygen atoms in total. The summed E-state index contributed by atoms with van der Waals surface area (Å²) in [4.78, 5) is 23.1. The number of carboxylic acid groups (broad SMARTS) is 1. The first-order valence-electron chi connectivity index (χ1n) is 9.71. The van der Waals surface area contributed by atoms with Gasteiger partial charge in [0.05, 0.1) is 6.04 Å². The van der Waals surface area contributed by atoms with E-state index in [0.29, 0.717) is 25.2 Å². The molecule has 0 spiro atoms. The molecule has 29 heavy (non-hydrogen) atoms. The van der Waals surface area contributed by atoms with Crippen LogP contribution in [0.2, 0.25) is 0 Å². The number of carbonyl (C=O) groups excluding carboxylic acids is 1. The van der Waals surface area contributed by atoms with Crippen LogP contribution in [0.5, 0.6) is 5.75 Å². The Labute approximate surface area is 171 Å². The molecular weight excluding hydrogens is 370 g/mol. The molecule has 1 atom stereocenters. The molecule has 0 aliphatic carbocycles. The maximum absolute atomic E-state index is 12.3. The highest BCUT2D eigenvalue weighted by Gasteiger charge is 2.21. The molecule has 0 radical (unpaired) electrons. The number of hydrogen-bond acceptors (Lipinski definition) is 4. The van der Waals surface area contributed by atoms with Crippen LogP contribution in [0.1, 0.15) is 57.2 Å². The maximum Gasteiger partial charge on any atom is 0.408 e. The predicted octanol–water partition coefficient (Wildman–Crippen LogP) is 5.09. The lowest BCUT2D eigenvalue weighted by molar-refractivity contribution is -0.137. The standard InChI is InChI=1S/C23H29NO5/c1-23(2,3)29-22(27)24-20(13-8-14-21(25)26)18-11-7-12-19(15-18)28-16-17-9-5-4-6-10-17/h4-7,9-12,15,20H,8,13-14,16H2,1-3H3,(H,24,27)(H,25,26). The topological polar surface area (TPSA) is 84.9 Å². The fraction of sp³-hybridized carbons (Fsp3) is 0.391. The van der Waals surface area contributed by atoms with Crippen LogP contribution in [0.3, 0.4) is 0 Å². The molecule has 0 aliphatic heterocycles. The zero-order valence-electron chi connectivity index (χ0n) is 17.2. The molecule has 2 rings (SSSR count). The number of hydrogen-bond donors (Lipinski definition) is 2. The van der Waals surface area contributed by atoms with Crippen molar-refractivity contribution in [3.05, 3.63) is 65.7 Å². The van der Waals surface area contributed by atoms with Gasteiger partial charge in [0.2, 0.25) is 0 Å². The normalized spacial score (nSPS) is 12.1. The molecule has 0 heterocycles. The van der Waals surface area contributed by atoms with Gasteiger partial charge in [-0.3, -0.25) is 4.79 Å². The third-order valence-electron chi connectivity index (χ3n) is 4.08. The van der Waals surface area contributed by atoms with Crippen LogP contribution < -0.4 is 10.1 Å². The summed E-state index contributed by atoms with van der Waals surface area (Å²) in [5.41, 5.74) is 1.28. The van der Waals surface area contributed by atoms with Crippen LogP contribution in [-0.2, 0) is 16.1 Å². The molecule has 6 heteroatoms. The van der Waals surface area contributed by atoms with E-state index in [1.807, 2.05) is 54.6 Å². The molecule has 1 amide bonds. The van der Waals surface area contributed by atoms with Crippen molar-refractivity contribution in [2.24, 2.45) is 0 Å². The van der Waals surface area contributed by atoms with E-state index in [1.54, 1.807) is 20.8 Å². The van der Waals surface area contributed by atoms with Gasteiger partial charge in [-0.1, -0.05) is 42.5 Å². The van der Waals surface area contributed by atoms with Crippen molar-refractivity contribution in [3.8, 4) is 5.75 Å². The summed E-state index contributed by atoms with van der Waals surface area (Å²) in [6.45, 7) is 5.83. The molecule has 1 unspecified atom stereocenters. The third kappa shape index (κ3) is 8.68. The Morgan fingerprint density at radius 3 is 2.45 bits per heavy atom. The van der Waals surface area contributed by atoms with Crippen molar-refractivity contribution in [1.82, 2.24) is 5.32 Å². The number of nitrogens with one attached hydrogen (secondary N) is 1. The van der Waals surface area contributed by atoms with Gasteiger partial charge in [0.1, 0.15) is 18.0 Å². The van der Waals surface area contributed by atoms with Gasteiger partial charge >= 0.3 is 12.1 Å². The highest BCUT2D eigenvalue weighted by atomic mass is 16.6. The predicted molar refractivity (Wildman–Crippen MR) is 111 cm³/mol. The second kappa shape index (κ2) is 10.5. The van der Waals surface area contributed by atoms with Gasteiger partial charge in [-0.25, -0.2) is 4.79 Å². The van der Waals surface area contributed by atoms with E-state index < -0.39 is 17.7 Å². The van der Waals surface area contributed by atoms with Gasteiger partial charge in [0.25, 0.3) is 0 Å². The second-order valence-corrected chi connectivity index (χ2v) is 7.83. The van der Waals surface area contributed by atoms with E-state index in [4.69, 9.17) is 14.6 Å². The van der Waals surface area contributed by atoms with Gasteiger partial charge < -0.3 is 19.9 Å². The van der Waals surface area contributed by atoms with Crippen LogP contribution >= 0.6 is 0 Å². The summed E-state index contributed by atoms with van der Waals surface area (Å²) in [6.07, 6.45) is 0.420. The lowest BCUT2D eigenvalue weighted by Gasteiger charge is -2.24. The monoisotopic (exact) mass is 399 g/mol. The molecule has 2 aromatic rings. The van der Waals surface area contributed by atoms with E-state index in [9.17, 15) is 9.59 Å². The Kier molecular flexibility index (Phi) is 8.07. The summed E-state index contributed by atoms with van der Waals surface area (Å²) >= 11 is 0. The van der Waals surface area contributed by atoms with Gasteiger partial charge in [-0.05, 0) is 56.9 Å². The molecule has 2 N–H and O–H groups in total. The number of benzene rings is 2. The SMILES string of the molecule is CC(C)(C)OC(=O)NC(CCCC(=O)O)c1cccc(OCc2ccccc2)c1. The second-order valence-electron chi connectivity index (χ2n) is 7.83. The van der Waals surface area contributed by atoms with Crippen molar-refractivity contribution in [1.29, 1.82) is 0 Å². The third-order valence-corrected chi connectivity index (χ3v) is 4.08. The highest BCUT2D eigenvalue weighted by Crippen LogP contribution is 2.25. The highest BCUT2D eigenvalue weighted by molar-refractivity contribution is 5.68. The number of rotatable bonds is 9. The average molecular weight is 399 g/mol. The fourth-order valence-corrected chi connectivity index (χ4v) is 2.79. The summed E-state index contributed by atoms with van der Waals surface area (Å²) in [5, 5.41) is 11.8. The Hall–Kier alpha value is -3.02. The van der Waals surface area contributed by atoms with Crippen LogP contribution in [-0.4, -0.2) is 22.8 Å². The minimum Gasteiger partial charge on any atom is -0.489 e. The Morgan fingerprint density at radius 2 is 1.79 bits per heavy atom. The summed E-state index contributed by atoms with van der Waals surface area (Å²) in [5.74, 6) is -0.179. The number of ether oxygens (including phenoxy) is 2. The van der Waals surface area contributed by atoms with E-state index >= 15 is 0 Å². The lowest BCUT2D eigenvalue weighted by Crippen LogP contribution is -2.35. The van der Waals surface area contributed by atoms with Crippen LogP contribution in [0.25, 0.3) is 0 Å². The van der Waals surface area contributed by atoms with Gasteiger partial charge in [0.15, 0.2) is 0 Å². The quantitative estimate of drug-likeness (QED) is 0.614. The first kappa shape index (κ1) is 22.3. The van der Waals surface area contributed by atoms with Crippen LogP contribution in [0, 0.1) is 0 Å². The average Bonchev–Trinajstić information content (AvgIpc) is 2.65. The molecule has 0 saturated carbocycles. The zero-order chi connectivity index (χ0) is 21.3. The van der Waals surface area contributed by atoms with Crippen molar-refractivity contribution >= 4 is 12.1 Å². The van der Waals surface area contributed by atoms with Crippen molar-refractivity contribution in [2.45, 2.75) is 58.3 Å². The van der Waals surface area contributed by atoms with E-state index in [1.165, 1.54) is 0 Å². The van der Waals surface area contributed by atoms with E-state index in [-0.39, 0.29) is 12.5 Å². The minimum absolute atomic E-state index is 0.0384. The maximum atomic E-state index is 12.3. The lowest BCUT2D eigenvalue weighted by atomic mass is 10.0. The molecule has 0 aromatic heterocycles. The first-order chi connectivity index (χ1) is 13.7. The summed E-state index contributed by atoms with van der Waals surface area (Å²) in [7, 11) is 0. The van der Waals surface area contributed by atoms with Crippen molar-refractivity contribution in [3.63, 3.8) is 0 Å². The number of carbonyl (C=O) groups is 2. The Balaban J connectivity index is 2.09. The van der Waals surface area contributed by atoms with Crippen LogP contribution in [0.4, 0.5) is 4.79 Å². The molecule has 0 bridgehead atoms. The summed E-state index contributed by atoms with van der Waals surface area (Å²) in [6, 6.07) is 16.9. The Bertz CT molecular complexity index is 798. The molecule has 0 fully saturated rings. The molecule has 0 aliphatic rings. The molecule has 2 aromatic carbocycles. The van der Waals surface area contributed by atoms with Crippen molar-refractivity contribution < 1.29 is 24.2 Å². The Morgan fingerprint density at radius 1 is 1.07 bits per heavy atom. The molecule has 156 valence electrons. The largest absolute Gasteiger partial charge is 0.489 e. The first-order valence-corrected chi connectivity index (χ1v) is 9.71.